The van der Waals surface area contributed by atoms with E-state index in [0.717, 1.165) is 32.6 Å². The van der Waals surface area contributed by atoms with Crippen molar-refractivity contribution in [1.82, 2.24) is 5.32 Å². The molecule has 0 aromatic carbocycles. The predicted octanol–water partition coefficient (Wildman–Crippen LogP) is -3.22. The van der Waals surface area contributed by atoms with Gasteiger partial charge in [0.25, 0.3) is 0 Å². The molecule has 1 heterocycles. The molecule has 0 aromatic rings. The number of hydrogen-bond donors (Lipinski definition) is 2. The van der Waals surface area contributed by atoms with E-state index in [1.165, 1.54) is 4.90 Å². The summed E-state index contributed by atoms with van der Waals surface area (Å²) in [6.07, 6.45) is 0.223. The van der Waals surface area contributed by atoms with E-state index in [4.69, 9.17) is 9.47 Å². The molecule has 17 heavy (non-hydrogen) atoms. The molecule has 1 fully saturated rings. The molecule has 0 saturated carbocycles. The van der Waals surface area contributed by atoms with Crippen LogP contribution in [-0.2, 0) is 9.47 Å². The number of hydrogen-bond acceptors (Lipinski definition) is 4. The highest BCUT2D eigenvalue weighted by Crippen LogP contribution is 2.13. The lowest BCUT2D eigenvalue weighted by Crippen LogP contribution is -3.15. The molecule has 1 saturated heterocycles. The minimum absolute atomic E-state index is 0. The van der Waals surface area contributed by atoms with Gasteiger partial charge >= 0.3 is 6.16 Å². The van der Waals surface area contributed by atoms with E-state index in [2.05, 4.69) is 5.32 Å². The second-order valence-electron chi connectivity index (χ2n) is 4.75. The van der Waals surface area contributed by atoms with Crippen LogP contribution in [-0.4, -0.2) is 44.7 Å². The standard InChI is InChI=1S/C11H22N2O3.HI/c1-4-11(2,3)16-10(14)15-9-13-7-5-12-6-8-13;/h12H,4-9H2,1-3H3;1H. The van der Waals surface area contributed by atoms with Gasteiger partial charge in [0.05, 0.1) is 13.1 Å². The zero-order valence-electron chi connectivity index (χ0n) is 10.8. The lowest BCUT2D eigenvalue weighted by molar-refractivity contribution is -0.919. The number of carbonyl (C=O) groups excluding carboxylic acids is 1. The minimum atomic E-state index is -0.558. The molecule has 0 spiro atoms. The molecule has 0 atom stereocenters. The van der Waals surface area contributed by atoms with E-state index < -0.39 is 11.8 Å². The van der Waals surface area contributed by atoms with Crippen LogP contribution in [0.15, 0.2) is 0 Å². The molecular weight excluding hydrogens is 335 g/mol. The largest absolute Gasteiger partial charge is 1.00 e. The number of quaternary nitrogens is 1. The average Bonchev–Trinajstić information content (AvgIpc) is 2.27. The molecule has 102 valence electrons. The summed E-state index contributed by atoms with van der Waals surface area (Å²) >= 11 is 0. The Labute approximate surface area is 120 Å². The van der Waals surface area contributed by atoms with Crippen LogP contribution in [0.2, 0.25) is 0 Å². The fourth-order valence-corrected chi connectivity index (χ4v) is 1.41. The van der Waals surface area contributed by atoms with Crippen molar-refractivity contribution in [3.8, 4) is 0 Å². The average molecular weight is 358 g/mol. The second-order valence-corrected chi connectivity index (χ2v) is 4.75. The van der Waals surface area contributed by atoms with Crippen LogP contribution in [0.5, 0.6) is 0 Å². The van der Waals surface area contributed by atoms with Crippen LogP contribution in [0.25, 0.3) is 0 Å². The molecule has 0 unspecified atom stereocenters. The molecule has 5 nitrogen and oxygen atoms in total. The Bertz CT molecular complexity index is 231. The zero-order valence-corrected chi connectivity index (χ0v) is 13.0. The van der Waals surface area contributed by atoms with Crippen molar-refractivity contribution in [3.63, 3.8) is 0 Å². The maximum atomic E-state index is 11.4. The molecule has 0 bridgehead atoms. The normalized spacial score (nSPS) is 17.1. The fraction of sp³-hybridized carbons (Fsp3) is 0.909. The fourth-order valence-electron chi connectivity index (χ4n) is 1.41. The van der Waals surface area contributed by atoms with Gasteiger partial charge in [-0.3, -0.25) is 0 Å². The van der Waals surface area contributed by atoms with Crippen molar-refractivity contribution in [2.45, 2.75) is 32.8 Å². The van der Waals surface area contributed by atoms with E-state index in [-0.39, 0.29) is 24.0 Å². The Morgan fingerprint density at radius 3 is 2.47 bits per heavy atom. The Morgan fingerprint density at radius 2 is 1.94 bits per heavy atom. The van der Waals surface area contributed by atoms with Gasteiger partial charge < -0.3 is 43.7 Å². The number of nitrogens with one attached hydrogen (secondary N) is 2. The van der Waals surface area contributed by atoms with Gasteiger partial charge in [-0.15, -0.1) is 0 Å². The molecule has 0 amide bonds. The maximum absolute atomic E-state index is 11.4. The smallest absolute Gasteiger partial charge is 0.513 e. The quantitative estimate of drug-likeness (QED) is 0.410. The topological polar surface area (TPSA) is 52.0 Å². The highest BCUT2D eigenvalue weighted by molar-refractivity contribution is 5.60. The van der Waals surface area contributed by atoms with Crippen LogP contribution < -0.4 is 34.2 Å². The predicted molar refractivity (Wildman–Crippen MR) is 60.4 cm³/mol. The van der Waals surface area contributed by atoms with Gasteiger partial charge in [-0.2, -0.15) is 0 Å². The number of ether oxygens (including phenoxy) is 2. The summed E-state index contributed by atoms with van der Waals surface area (Å²) in [7, 11) is 0. The summed E-state index contributed by atoms with van der Waals surface area (Å²) in [5, 5.41) is 3.26. The second kappa shape index (κ2) is 8.10. The van der Waals surface area contributed by atoms with Crippen molar-refractivity contribution in [3.05, 3.63) is 0 Å². The Morgan fingerprint density at radius 1 is 1.35 bits per heavy atom. The van der Waals surface area contributed by atoms with Crippen molar-refractivity contribution in [1.29, 1.82) is 0 Å². The molecule has 0 aromatic heterocycles. The van der Waals surface area contributed by atoms with Gasteiger partial charge in [-0.25, -0.2) is 4.79 Å². The molecule has 0 radical (unpaired) electrons. The Hall–Kier alpha value is -0.0800. The van der Waals surface area contributed by atoms with Crippen molar-refractivity contribution in [2.75, 3.05) is 32.9 Å². The summed E-state index contributed by atoms with van der Waals surface area (Å²) < 4.78 is 10.3. The highest BCUT2D eigenvalue weighted by Gasteiger charge is 2.23. The summed E-state index contributed by atoms with van der Waals surface area (Å²) in [5.74, 6) is 0. The minimum Gasteiger partial charge on any atom is -1.00 e. The zero-order chi connectivity index (χ0) is 12.0. The summed E-state index contributed by atoms with van der Waals surface area (Å²) in [4.78, 5) is 12.7. The van der Waals surface area contributed by atoms with Gasteiger partial charge in [0.2, 0.25) is 6.73 Å². The van der Waals surface area contributed by atoms with E-state index in [1.54, 1.807) is 0 Å². The summed E-state index contributed by atoms with van der Waals surface area (Å²) in [5.41, 5.74) is -0.435. The van der Waals surface area contributed by atoms with E-state index in [0.29, 0.717) is 6.73 Å². The third-order valence-corrected chi connectivity index (χ3v) is 2.92. The SMILES string of the molecule is CCC(C)(C)OC(=O)OC[NH+]1CCNCC1.[I-]. The van der Waals surface area contributed by atoms with Crippen molar-refractivity contribution in [2.24, 2.45) is 0 Å². The first-order valence-corrected chi connectivity index (χ1v) is 5.93. The molecule has 1 aliphatic rings. The first-order chi connectivity index (χ1) is 7.53. The van der Waals surface area contributed by atoms with E-state index >= 15 is 0 Å². The first-order valence-electron chi connectivity index (χ1n) is 5.93. The molecular formula is C11H23IN2O3. The van der Waals surface area contributed by atoms with Gasteiger partial charge in [-0.05, 0) is 20.3 Å². The lowest BCUT2D eigenvalue weighted by atomic mass is 10.1. The maximum Gasteiger partial charge on any atom is 0.513 e. The summed E-state index contributed by atoms with van der Waals surface area (Å²) in [6.45, 7) is 10.1. The Kier molecular flexibility index (Phi) is 8.06. The van der Waals surface area contributed by atoms with Gasteiger partial charge in [0.1, 0.15) is 5.60 Å². The monoisotopic (exact) mass is 358 g/mol. The third kappa shape index (κ3) is 7.05. The van der Waals surface area contributed by atoms with E-state index in [1.807, 2.05) is 20.8 Å². The molecule has 2 N–H and O–H groups in total. The molecule has 1 aliphatic heterocycles. The van der Waals surface area contributed by atoms with Crippen molar-refractivity contribution >= 4 is 6.16 Å². The summed E-state index contributed by atoms with van der Waals surface area (Å²) in [6, 6.07) is 0. The van der Waals surface area contributed by atoms with Crippen LogP contribution in [0.3, 0.4) is 0 Å². The number of piperazine rings is 1. The van der Waals surface area contributed by atoms with Crippen LogP contribution in [0.1, 0.15) is 27.2 Å². The van der Waals surface area contributed by atoms with Gasteiger partial charge in [0.15, 0.2) is 0 Å². The number of rotatable bonds is 4. The Balaban J connectivity index is 0.00000256. The molecule has 6 heteroatoms. The highest BCUT2D eigenvalue weighted by atomic mass is 127. The molecule has 1 rings (SSSR count). The van der Waals surface area contributed by atoms with Gasteiger partial charge in [-0.1, -0.05) is 6.92 Å². The van der Waals surface area contributed by atoms with E-state index in [9.17, 15) is 4.79 Å². The van der Waals surface area contributed by atoms with Crippen molar-refractivity contribution < 1.29 is 43.1 Å². The number of halogens is 1. The van der Waals surface area contributed by atoms with Gasteiger partial charge in [0, 0.05) is 13.1 Å². The molecule has 0 aliphatic carbocycles. The van der Waals surface area contributed by atoms with Crippen LogP contribution in [0.4, 0.5) is 4.79 Å². The van der Waals surface area contributed by atoms with Crippen LogP contribution >= 0.6 is 0 Å². The lowest BCUT2D eigenvalue weighted by Gasteiger charge is -2.25. The number of carbonyl (C=O) groups is 1. The van der Waals surface area contributed by atoms with Crippen LogP contribution in [0, 0.1) is 0 Å². The first kappa shape index (κ1) is 16.9. The third-order valence-electron chi connectivity index (χ3n) is 2.92.